The van der Waals surface area contributed by atoms with Gasteiger partial charge in [0.25, 0.3) is 0 Å². The van der Waals surface area contributed by atoms with E-state index in [1.165, 1.54) is 0 Å². The first-order valence-electron chi connectivity index (χ1n) is 6.92. The number of hydrogen-bond acceptors (Lipinski definition) is 2. The molecule has 1 aromatic rings. The Kier molecular flexibility index (Phi) is 4.00. The molecule has 0 saturated carbocycles. The highest BCUT2D eigenvalue weighted by Gasteiger charge is 2.39. The molecule has 0 bridgehead atoms. The summed E-state index contributed by atoms with van der Waals surface area (Å²) in [4.78, 5) is 11.5. The van der Waals surface area contributed by atoms with Gasteiger partial charge in [-0.3, -0.25) is 0 Å². The maximum absolute atomic E-state index is 11.5. The smallest absolute Gasteiger partial charge is 0.335 e. The number of aromatic carboxylic acids is 1. The van der Waals surface area contributed by atoms with Gasteiger partial charge in [-0.1, -0.05) is 15.9 Å². The first-order valence-corrected chi connectivity index (χ1v) is 7.71. The summed E-state index contributed by atoms with van der Waals surface area (Å²) in [5.41, 5.74) is 1.37. The molecule has 0 unspecified atom stereocenters. The number of piperidine rings is 1. The molecule has 0 spiro atoms. The Labute approximate surface area is 128 Å². The fourth-order valence-corrected chi connectivity index (χ4v) is 3.99. The topological polar surface area (TPSA) is 49.3 Å². The maximum Gasteiger partial charge on any atom is 0.335 e. The Morgan fingerprint density at radius 1 is 1.25 bits per heavy atom. The first-order chi connectivity index (χ1) is 9.10. The van der Waals surface area contributed by atoms with Crippen molar-refractivity contribution in [1.82, 2.24) is 5.32 Å². The molecule has 4 heteroatoms. The third-order valence-corrected chi connectivity index (χ3v) is 4.37. The molecule has 0 aromatic heterocycles. The van der Waals surface area contributed by atoms with Gasteiger partial charge in [0.15, 0.2) is 0 Å². The minimum Gasteiger partial charge on any atom is -0.478 e. The number of carboxylic acids is 1. The van der Waals surface area contributed by atoms with Crippen LogP contribution in [0.5, 0.6) is 0 Å². The van der Waals surface area contributed by atoms with Crippen molar-refractivity contribution in [2.45, 2.75) is 57.5 Å². The Morgan fingerprint density at radius 2 is 1.80 bits per heavy atom. The molecule has 2 rings (SSSR count). The Hall–Kier alpha value is -0.870. The Bertz CT molecular complexity index is 521. The second-order valence-electron chi connectivity index (χ2n) is 7.03. The van der Waals surface area contributed by atoms with E-state index in [1.807, 2.05) is 6.07 Å². The molecule has 1 aromatic carbocycles. The van der Waals surface area contributed by atoms with E-state index >= 15 is 0 Å². The molecule has 110 valence electrons. The Morgan fingerprint density at radius 3 is 2.30 bits per heavy atom. The molecule has 3 nitrogen and oxygen atoms in total. The lowest BCUT2D eigenvalue weighted by atomic mass is 9.72. The molecule has 1 fully saturated rings. The van der Waals surface area contributed by atoms with Crippen molar-refractivity contribution >= 4 is 21.9 Å². The predicted molar refractivity (Wildman–Crippen MR) is 84.4 cm³/mol. The number of hydrogen-bond donors (Lipinski definition) is 2. The summed E-state index contributed by atoms with van der Waals surface area (Å²) in [6, 6.07) is 5.46. The van der Waals surface area contributed by atoms with Crippen molar-refractivity contribution in [3.8, 4) is 0 Å². The van der Waals surface area contributed by atoms with E-state index in [9.17, 15) is 9.90 Å². The van der Waals surface area contributed by atoms with E-state index in [0.29, 0.717) is 5.56 Å². The standard InChI is InChI=1S/C16H22BrNO2/c1-15(2)8-10(9-16(3,4)18-15)13-7-11(17)5-6-12(13)14(19)20/h5-7,10,18H,8-9H2,1-4H3,(H,19,20). The Balaban J connectivity index is 2.45. The summed E-state index contributed by atoms with van der Waals surface area (Å²) in [5.74, 6) is -0.591. The molecule has 0 amide bonds. The second kappa shape index (κ2) is 5.15. The summed E-state index contributed by atoms with van der Waals surface area (Å²) in [7, 11) is 0. The van der Waals surface area contributed by atoms with Crippen LogP contribution >= 0.6 is 15.9 Å². The van der Waals surface area contributed by atoms with Crippen LogP contribution in [0, 0.1) is 0 Å². The van der Waals surface area contributed by atoms with Crippen molar-refractivity contribution in [3.63, 3.8) is 0 Å². The molecular weight excluding hydrogens is 318 g/mol. The number of nitrogens with one attached hydrogen (secondary N) is 1. The van der Waals surface area contributed by atoms with Crippen molar-refractivity contribution in [3.05, 3.63) is 33.8 Å². The second-order valence-corrected chi connectivity index (χ2v) is 7.95. The van der Waals surface area contributed by atoms with Gasteiger partial charge >= 0.3 is 5.97 Å². The van der Waals surface area contributed by atoms with Crippen LogP contribution in [0.2, 0.25) is 0 Å². The SMILES string of the molecule is CC1(C)CC(c2cc(Br)ccc2C(=O)O)CC(C)(C)N1. The lowest BCUT2D eigenvalue weighted by Crippen LogP contribution is -2.57. The van der Waals surface area contributed by atoms with E-state index in [-0.39, 0.29) is 17.0 Å². The van der Waals surface area contributed by atoms with Crippen molar-refractivity contribution < 1.29 is 9.90 Å². The molecule has 20 heavy (non-hydrogen) atoms. The zero-order valence-corrected chi connectivity index (χ0v) is 14.0. The molecule has 1 saturated heterocycles. The van der Waals surface area contributed by atoms with E-state index in [4.69, 9.17) is 0 Å². The van der Waals surface area contributed by atoms with Crippen LogP contribution in [0.15, 0.2) is 22.7 Å². The third-order valence-electron chi connectivity index (χ3n) is 3.87. The van der Waals surface area contributed by atoms with Crippen LogP contribution in [0.4, 0.5) is 0 Å². The van der Waals surface area contributed by atoms with Crippen LogP contribution in [0.1, 0.15) is 62.4 Å². The van der Waals surface area contributed by atoms with Gasteiger partial charge in [-0.15, -0.1) is 0 Å². The van der Waals surface area contributed by atoms with Gasteiger partial charge in [-0.05, 0) is 70.2 Å². The van der Waals surface area contributed by atoms with Gasteiger partial charge in [0.1, 0.15) is 0 Å². The number of benzene rings is 1. The zero-order chi connectivity index (χ0) is 15.1. The largest absolute Gasteiger partial charge is 0.478 e. The fraction of sp³-hybridized carbons (Fsp3) is 0.562. The third kappa shape index (κ3) is 3.41. The van der Waals surface area contributed by atoms with Crippen molar-refractivity contribution in [2.75, 3.05) is 0 Å². The summed E-state index contributed by atoms with van der Waals surface area (Å²) in [5, 5.41) is 13.1. The highest BCUT2D eigenvalue weighted by molar-refractivity contribution is 9.10. The lowest BCUT2D eigenvalue weighted by Gasteiger charge is -2.47. The number of carboxylic acid groups (broad SMARTS) is 1. The summed E-state index contributed by atoms with van der Waals surface area (Å²) < 4.78 is 0.937. The summed E-state index contributed by atoms with van der Waals surface area (Å²) in [6.07, 6.45) is 1.88. The minimum absolute atomic E-state index is 0.00447. The first kappa shape index (κ1) is 15.5. The van der Waals surface area contributed by atoms with Gasteiger partial charge in [0.05, 0.1) is 5.56 Å². The zero-order valence-electron chi connectivity index (χ0n) is 12.5. The van der Waals surface area contributed by atoms with Gasteiger partial charge in [0.2, 0.25) is 0 Å². The van der Waals surface area contributed by atoms with Gasteiger partial charge in [0, 0.05) is 15.6 Å². The van der Waals surface area contributed by atoms with Gasteiger partial charge in [-0.2, -0.15) is 0 Å². The number of carbonyl (C=O) groups is 1. The average Bonchev–Trinajstić information content (AvgIpc) is 2.24. The number of rotatable bonds is 2. The van der Waals surface area contributed by atoms with Gasteiger partial charge in [-0.25, -0.2) is 4.79 Å². The quantitative estimate of drug-likeness (QED) is 0.849. The van der Waals surface area contributed by atoms with E-state index in [1.54, 1.807) is 12.1 Å². The summed E-state index contributed by atoms with van der Waals surface area (Å²) >= 11 is 3.46. The van der Waals surface area contributed by atoms with Crippen LogP contribution < -0.4 is 5.32 Å². The molecule has 1 heterocycles. The van der Waals surface area contributed by atoms with Crippen LogP contribution in [0.3, 0.4) is 0 Å². The van der Waals surface area contributed by atoms with Crippen molar-refractivity contribution in [1.29, 1.82) is 0 Å². The molecule has 1 aliphatic rings. The van der Waals surface area contributed by atoms with E-state index < -0.39 is 5.97 Å². The lowest BCUT2D eigenvalue weighted by molar-refractivity contribution is 0.0692. The van der Waals surface area contributed by atoms with E-state index in [2.05, 4.69) is 48.9 Å². The monoisotopic (exact) mass is 339 g/mol. The van der Waals surface area contributed by atoms with E-state index in [0.717, 1.165) is 22.9 Å². The van der Waals surface area contributed by atoms with Crippen LogP contribution in [-0.2, 0) is 0 Å². The van der Waals surface area contributed by atoms with Gasteiger partial charge < -0.3 is 10.4 Å². The fourth-order valence-electron chi connectivity index (χ4n) is 3.61. The molecule has 0 aliphatic carbocycles. The van der Waals surface area contributed by atoms with Crippen LogP contribution in [-0.4, -0.2) is 22.2 Å². The highest BCUT2D eigenvalue weighted by Crippen LogP contribution is 2.40. The molecule has 0 atom stereocenters. The van der Waals surface area contributed by atoms with Crippen molar-refractivity contribution in [2.24, 2.45) is 0 Å². The number of halogens is 1. The molecular formula is C16H22BrNO2. The predicted octanol–water partition coefficient (Wildman–Crippen LogP) is 4.17. The normalized spacial score (nSPS) is 21.6. The minimum atomic E-state index is -0.846. The maximum atomic E-state index is 11.5. The molecule has 2 N–H and O–H groups in total. The molecule has 1 aliphatic heterocycles. The van der Waals surface area contributed by atoms with Crippen LogP contribution in [0.25, 0.3) is 0 Å². The highest BCUT2D eigenvalue weighted by atomic mass is 79.9. The summed E-state index contributed by atoms with van der Waals surface area (Å²) in [6.45, 7) is 8.72. The molecule has 0 radical (unpaired) electrons. The average molecular weight is 340 g/mol.